The van der Waals surface area contributed by atoms with Crippen molar-refractivity contribution < 1.29 is 0 Å². The summed E-state index contributed by atoms with van der Waals surface area (Å²) in [5.41, 5.74) is 0. The van der Waals surface area contributed by atoms with Crippen LogP contribution in [0.25, 0.3) is 0 Å². The lowest BCUT2D eigenvalue weighted by Crippen LogP contribution is -2.35. The van der Waals surface area contributed by atoms with Crippen LogP contribution in [0.15, 0.2) is 0 Å². The summed E-state index contributed by atoms with van der Waals surface area (Å²) < 4.78 is 0. The molecule has 0 unspecified atom stereocenters. The maximum atomic E-state index is 7.75. The van der Waals surface area contributed by atoms with Crippen LogP contribution in [0.2, 0.25) is 0 Å². The van der Waals surface area contributed by atoms with Crippen molar-refractivity contribution in [1.29, 1.82) is 5.41 Å². The second kappa shape index (κ2) is 6.01. The third-order valence-corrected chi connectivity index (χ3v) is 2.75. The van der Waals surface area contributed by atoms with E-state index in [1.54, 1.807) is 0 Å². The van der Waals surface area contributed by atoms with E-state index in [9.17, 15) is 0 Å². The largest absolute Gasteiger partial charge is 0.361 e. The van der Waals surface area contributed by atoms with Gasteiger partial charge < -0.3 is 4.90 Å². The van der Waals surface area contributed by atoms with E-state index in [0.717, 1.165) is 25.3 Å². The van der Waals surface area contributed by atoms with E-state index in [2.05, 4.69) is 11.8 Å². The highest BCUT2D eigenvalue weighted by Crippen LogP contribution is 2.12. The molecule has 1 aliphatic rings. The number of hydrogen-bond donors (Lipinski definition) is 1. The van der Waals surface area contributed by atoms with Crippen molar-refractivity contribution in [1.82, 2.24) is 4.90 Å². The Hall–Kier alpha value is -0.530. The number of unbranched alkanes of at least 4 members (excludes halogenated alkanes) is 3. The minimum atomic E-state index is 0.878. The molecule has 76 valence electrons. The monoisotopic (exact) mass is 182 g/mol. The first-order valence-corrected chi connectivity index (χ1v) is 5.67. The highest BCUT2D eigenvalue weighted by atomic mass is 15.2. The van der Waals surface area contributed by atoms with Crippen LogP contribution >= 0.6 is 0 Å². The fourth-order valence-electron chi connectivity index (χ4n) is 1.86. The zero-order valence-corrected chi connectivity index (χ0v) is 8.81. The molecule has 0 radical (unpaired) electrons. The van der Waals surface area contributed by atoms with E-state index in [4.69, 9.17) is 5.41 Å². The molecule has 0 aromatic carbocycles. The van der Waals surface area contributed by atoms with Gasteiger partial charge in [-0.2, -0.15) is 0 Å². The van der Waals surface area contributed by atoms with Gasteiger partial charge in [-0.15, -0.1) is 0 Å². The minimum Gasteiger partial charge on any atom is -0.361 e. The SMILES string of the molecule is CCCCCCN1CCCCC1=N. The van der Waals surface area contributed by atoms with Crippen molar-refractivity contribution in [2.75, 3.05) is 13.1 Å². The second-order valence-electron chi connectivity index (χ2n) is 3.95. The Kier molecular flexibility index (Phi) is 4.87. The minimum absolute atomic E-state index is 0.878. The average molecular weight is 182 g/mol. The summed E-state index contributed by atoms with van der Waals surface area (Å²) >= 11 is 0. The van der Waals surface area contributed by atoms with E-state index in [0.29, 0.717) is 0 Å². The molecule has 2 heteroatoms. The number of nitrogens with zero attached hydrogens (tertiary/aromatic N) is 1. The van der Waals surface area contributed by atoms with Crippen molar-refractivity contribution in [3.05, 3.63) is 0 Å². The lowest BCUT2D eigenvalue weighted by Gasteiger charge is -2.29. The Balaban J connectivity index is 2.08. The first kappa shape index (κ1) is 10.6. The zero-order chi connectivity index (χ0) is 9.52. The molecule has 2 nitrogen and oxygen atoms in total. The van der Waals surface area contributed by atoms with E-state index in [-0.39, 0.29) is 0 Å². The molecule has 0 atom stereocenters. The van der Waals surface area contributed by atoms with Gasteiger partial charge in [-0.3, -0.25) is 5.41 Å². The van der Waals surface area contributed by atoms with Gasteiger partial charge in [0.1, 0.15) is 0 Å². The highest BCUT2D eigenvalue weighted by Gasteiger charge is 2.13. The summed E-state index contributed by atoms with van der Waals surface area (Å²) in [6, 6.07) is 0. The number of piperidine rings is 1. The average Bonchev–Trinajstić information content (AvgIpc) is 2.15. The summed E-state index contributed by atoms with van der Waals surface area (Å²) in [6.45, 7) is 4.49. The first-order valence-electron chi connectivity index (χ1n) is 5.67. The van der Waals surface area contributed by atoms with Crippen molar-refractivity contribution in [2.24, 2.45) is 0 Å². The lowest BCUT2D eigenvalue weighted by molar-refractivity contribution is 0.356. The molecule has 0 aromatic heterocycles. The molecule has 0 bridgehead atoms. The number of nitrogens with one attached hydrogen (secondary N) is 1. The molecule has 1 heterocycles. The topological polar surface area (TPSA) is 27.1 Å². The smallest absolute Gasteiger partial charge is 0.0957 e. The summed E-state index contributed by atoms with van der Waals surface area (Å²) in [7, 11) is 0. The van der Waals surface area contributed by atoms with Gasteiger partial charge in [-0.1, -0.05) is 26.2 Å². The third-order valence-electron chi connectivity index (χ3n) is 2.75. The number of amidine groups is 1. The summed E-state index contributed by atoms with van der Waals surface area (Å²) in [4.78, 5) is 2.26. The normalized spacial score (nSPS) is 17.9. The van der Waals surface area contributed by atoms with E-state index in [1.165, 1.54) is 38.5 Å². The molecule has 1 fully saturated rings. The van der Waals surface area contributed by atoms with Crippen molar-refractivity contribution in [2.45, 2.75) is 51.9 Å². The maximum Gasteiger partial charge on any atom is 0.0957 e. The van der Waals surface area contributed by atoms with Gasteiger partial charge in [0.05, 0.1) is 5.84 Å². The maximum absolute atomic E-state index is 7.75. The van der Waals surface area contributed by atoms with Crippen LogP contribution in [0.4, 0.5) is 0 Å². The predicted octanol–water partition coefficient (Wildman–Crippen LogP) is 3.03. The van der Waals surface area contributed by atoms with Crippen molar-refractivity contribution in [3.63, 3.8) is 0 Å². The van der Waals surface area contributed by atoms with Crippen LogP contribution in [-0.4, -0.2) is 23.8 Å². The van der Waals surface area contributed by atoms with Crippen LogP contribution < -0.4 is 0 Å². The van der Waals surface area contributed by atoms with Gasteiger partial charge in [0.25, 0.3) is 0 Å². The van der Waals surface area contributed by atoms with Gasteiger partial charge in [0.2, 0.25) is 0 Å². The molecule has 0 spiro atoms. The van der Waals surface area contributed by atoms with Crippen LogP contribution in [0.1, 0.15) is 51.9 Å². The Morgan fingerprint density at radius 2 is 2.08 bits per heavy atom. The van der Waals surface area contributed by atoms with Crippen LogP contribution in [0, 0.1) is 5.41 Å². The van der Waals surface area contributed by atoms with Gasteiger partial charge in [0.15, 0.2) is 0 Å². The molecule has 0 saturated carbocycles. The van der Waals surface area contributed by atoms with Gasteiger partial charge in [0, 0.05) is 19.5 Å². The number of hydrogen-bond acceptors (Lipinski definition) is 1. The molecule has 1 rings (SSSR count). The van der Waals surface area contributed by atoms with Gasteiger partial charge in [-0.25, -0.2) is 0 Å². The molecular formula is C11H22N2. The Morgan fingerprint density at radius 3 is 2.77 bits per heavy atom. The molecule has 1 aliphatic heterocycles. The molecule has 1 saturated heterocycles. The molecule has 0 amide bonds. The van der Waals surface area contributed by atoms with Crippen LogP contribution in [0.5, 0.6) is 0 Å². The van der Waals surface area contributed by atoms with Crippen LogP contribution in [-0.2, 0) is 0 Å². The summed E-state index contributed by atoms with van der Waals surface area (Å²) in [5.74, 6) is 0.878. The Bertz CT molecular complexity index is 154. The first-order chi connectivity index (χ1) is 6.34. The molecule has 0 aliphatic carbocycles. The van der Waals surface area contributed by atoms with Crippen molar-refractivity contribution in [3.8, 4) is 0 Å². The fourth-order valence-corrected chi connectivity index (χ4v) is 1.86. The zero-order valence-electron chi connectivity index (χ0n) is 8.81. The standard InChI is InChI=1S/C11H22N2/c1-2-3-4-6-9-13-10-7-5-8-11(13)12/h12H,2-10H2,1H3. The predicted molar refractivity (Wildman–Crippen MR) is 57.3 cm³/mol. The Labute approximate surface area is 81.8 Å². The number of likely N-dealkylation sites (tertiary alicyclic amines) is 1. The Morgan fingerprint density at radius 1 is 1.23 bits per heavy atom. The van der Waals surface area contributed by atoms with Crippen molar-refractivity contribution >= 4 is 5.84 Å². The van der Waals surface area contributed by atoms with Gasteiger partial charge >= 0.3 is 0 Å². The molecule has 1 N–H and O–H groups in total. The van der Waals surface area contributed by atoms with E-state index >= 15 is 0 Å². The van der Waals surface area contributed by atoms with E-state index in [1.807, 2.05) is 0 Å². The summed E-state index contributed by atoms with van der Waals surface area (Å²) in [5, 5.41) is 7.75. The molecular weight excluding hydrogens is 160 g/mol. The summed E-state index contributed by atoms with van der Waals surface area (Å²) in [6.07, 6.45) is 8.78. The molecule has 0 aromatic rings. The molecule has 13 heavy (non-hydrogen) atoms. The lowest BCUT2D eigenvalue weighted by atomic mass is 10.1. The fraction of sp³-hybridized carbons (Fsp3) is 0.909. The highest BCUT2D eigenvalue weighted by molar-refractivity contribution is 5.79. The third kappa shape index (κ3) is 3.79. The van der Waals surface area contributed by atoms with E-state index < -0.39 is 0 Å². The van der Waals surface area contributed by atoms with Gasteiger partial charge in [-0.05, 0) is 19.3 Å². The van der Waals surface area contributed by atoms with Crippen LogP contribution in [0.3, 0.4) is 0 Å². The quantitative estimate of drug-likeness (QED) is 0.650. The number of rotatable bonds is 5. The second-order valence-corrected chi connectivity index (χ2v) is 3.95.